The highest BCUT2D eigenvalue weighted by Crippen LogP contribution is 2.25. The Morgan fingerprint density at radius 3 is 2.94 bits per heavy atom. The third-order valence-electron chi connectivity index (χ3n) is 2.87. The Morgan fingerprint density at radius 2 is 2.24 bits per heavy atom. The summed E-state index contributed by atoms with van der Waals surface area (Å²) >= 11 is 1.88. The van der Waals surface area contributed by atoms with E-state index in [1.807, 2.05) is 36.3 Å². The fourth-order valence-electron chi connectivity index (χ4n) is 1.89. The van der Waals surface area contributed by atoms with Gasteiger partial charge in [0.05, 0.1) is 12.6 Å². The van der Waals surface area contributed by atoms with E-state index in [2.05, 4.69) is 29.1 Å². The number of pyridine rings is 1. The molecular weight excluding hydrogens is 230 g/mol. The number of aromatic nitrogens is 1. The van der Waals surface area contributed by atoms with Crippen molar-refractivity contribution in [3.05, 3.63) is 30.1 Å². The van der Waals surface area contributed by atoms with Crippen LogP contribution in [0.15, 0.2) is 29.5 Å². The Balaban J connectivity index is 1.86. The van der Waals surface area contributed by atoms with Gasteiger partial charge in [0.25, 0.3) is 0 Å². The van der Waals surface area contributed by atoms with Crippen LogP contribution in [0.5, 0.6) is 0 Å². The molecule has 0 fully saturated rings. The molecule has 2 rings (SSSR count). The van der Waals surface area contributed by atoms with E-state index in [9.17, 15) is 0 Å². The van der Waals surface area contributed by atoms with Crippen LogP contribution in [-0.2, 0) is 0 Å². The van der Waals surface area contributed by atoms with Crippen LogP contribution < -0.4 is 5.32 Å². The van der Waals surface area contributed by atoms with Crippen LogP contribution in [0.1, 0.15) is 38.3 Å². The first kappa shape index (κ1) is 12.4. The number of aliphatic imine (C=N–C) groups is 1. The third-order valence-corrected chi connectivity index (χ3v) is 4.06. The van der Waals surface area contributed by atoms with Crippen molar-refractivity contribution in [2.75, 3.05) is 6.54 Å². The van der Waals surface area contributed by atoms with Gasteiger partial charge in [0.1, 0.15) is 0 Å². The van der Waals surface area contributed by atoms with Crippen LogP contribution in [0.2, 0.25) is 0 Å². The normalized spacial score (nSPS) is 21.1. The summed E-state index contributed by atoms with van der Waals surface area (Å²) in [6, 6.07) is 4.38. The minimum Gasteiger partial charge on any atom is -0.358 e. The zero-order valence-electron chi connectivity index (χ0n) is 10.4. The Bertz CT molecular complexity index is 378. The van der Waals surface area contributed by atoms with Gasteiger partial charge >= 0.3 is 0 Å². The zero-order valence-corrected chi connectivity index (χ0v) is 11.2. The molecule has 0 amide bonds. The minimum absolute atomic E-state index is 0.296. The summed E-state index contributed by atoms with van der Waals surface area (Å²) in [5, 5.41) is 5.23. The van der Waals surface area contributed by atoms with Gasteiger partial charge < -0.3 is 5.32 Å². The quantitative estimate of drug-likeness (QED) is 0.891. The van der Waals surface area contributed by atoms with E-state index < -0.39 is 0 Å². The first-order valence-corrected chi connectivity index (χ1v) is 7.05. The first-order chi connectivity index (χ1) is 8.29. The van der Waals surface area contributed by atoms with E-state index in [4.69, 9.17) is 0 Å². The van der Waals surface area contributed by atoms with Gasteiger partial charge in [0.2, 0.25) is 0 Å². The molecule has 1 N–H and O–H groups in total. The molecule has 4 heteroatoms. The number of nitrogens with zero attached hydrogens (tertiary/aromatic N) is 2. The van der Waals surface area contributed by atoms with Gasteiger partial charge in [-0.3, -0.25) is 9.98 Å². The Hall–Kier alpha value is -1.03. The van der Waals surface area contributed by atoms with Gasteiger partial charge in [0.15, 0.2) is 5.17 Å². The second-order valence-electron chi connectivity index (χ2n) is 4.32. The van der Waals surface area contributed by atoms with Crippen molar-refractivity contribution in [3.8, 4) is 0 Å². The lowest BCUT2D eigenvalue weighted by Crippen LogP contribution is -2.23. The number of amidine groups is 1. The molecule has 1 aromatic heterocycles. The van der Waals surface area contributed by atoms with Crippen LogP contribution in [0.4, 0.5) is 0 Å². The van der Waals surface area contributed by atoms with E-state index in [0.29, 0.717) is 11.3 Å². The predicted octanol–water partition coefficient (Wildman–Crippen LogP) is 3.00. The number of thioether (sulfide) groups is 1. The molecule has 3 nitrogen and oxygen atoms in total. The smallest absolute Gasteiger partial charge is 0.157 e. The minimum atomic E-state index is 0.296. The summed E-state index contributed by atoms with van der Waals surface area (Å²) in [6.07, 6.45) is 6.15. The molecule has 0 aliphatic carbocycles. The third kappa shape index (κ3) is 3.46. The monoisotopic (exact) mass is 249 g/mol. The molecule has 0 bridgehead atoms. The van der Waals surface area contributed by atoms with Crippen molar-refractivity contribution in [2.45, 2.75) is 38.0 Å². The van der Waals surface area contributed by atoms with Crippen molar-refractivity contribution >= 4 is 16.9 Å². The number of nitrogens with one attached hydrogen (secondary N) is 1. The number of rotatable bonds is 4. The molecule has 0 saturated carbocycles. The molecule has 0 radical (unpaired) electrons. The highest BCUT2D eigenvalue weighted by Gasteiger charge is 2.19. The lowest BCUT2D eigenvalue weighted by molar-refractivity contribution is 0.719. The molecule has 2 heterocycles. The molecule has 1 aliphatic heterocycles. The van der Waals surface area contributed by atoms with Gasteiger partial charge in [-0.25, -0.2) is 0 Å². The topological polar surface area (TPSA) is 37.3 Å². The Labute approximate surface area is 107 Å². The zero-order chi connectivity index (χ0) is 12.1. The molecule has 0 saturated heterocycles. The van der Waals surface area contributed by atoms with E-state index >= 15 is 0 Å². The van der Waals surface area contributed by atoms with Crippen LogP contribution in [0, 0.1) is 0 Å². The van der Waals surface area contributed by atoms with Crippen molar-refractivity contribution in [3.63, 3.8) is 0 Å². The average Bonchev–Trinajstić information content (AvgIpc) is 2.78. The number of hydrogen-bond donors (Lipinski definition) is 1. The lowest BCUT2D eigenvalue weighted by Gasteiger charge is -2.15. The predicted molar refractivity (Wildman–Crippen MR) is 74.4 cm³/mol. The Morgan fingerprint density at radius 1 is 1.47 bits per heavy atom. The number of hydrogen-bond acceptors (Lipinski definition) is 4. The van der Waals surface area contributed by atoms with Gasteiger partial charge in [-0.2, -0.15) is 0 Å². The summed E-state index contributed by atoms with van der Waals surface area (Å²) in [5.41, 5.74) is 1.25. The van der Waals surface area contributed by atoms with Crippen molar-refractivity contribution in [1.29, 1.82) is 0 Å². The van der Waals surface area contributed by atoms with Gasteiger partial charge in [-0.1, -0.05) is 25.1 Å². The summed E-state index contributed by atoms with van der Waals surface area (Å²) in [7, 11) is 0. The molecule has 0 spiro atoms. The molecule has 0 aromatic carbocycles. The molecule has 17 heavy (non-hydrogen) atoms. The van der Waals surface area contributed by atoms with Crippen LogP contribution >= 0.6 is 11.8 Å². The van der Waals surface area contributed by atoms with Crippen LogP contribution in [-0.4, -0.2) is 21.9 Å². The first-order valence-electron chi connectivity index (χ1n) is 6.17. The highest BCUT2D eigenvalue weighted by molar-refractivity contribution is 8.14. The molecule has 1 aromatic rings. The maximum absolute atomic E-state index is 4.55. The fraction of sp³-hybridized carbons (Fsp3) is 0.538. The maximum atomic E-state index is 4.55. The van der Waals surface area contributed by atoms with E-state index in [1.54, 1.807) is 0 Å². The highest BCUT2D eigenvalue weighted by atomic mass is 32.2. The largest absolute Gasteiger partial charge is 0.358 e. The molecular formula is C13H19N3S. The van der Waals surface area contributed by atoms with Crippen molar-refractivity contribution in [2.24, 2.45) is 4.99 Å². The van der Waals surface area contributed by atoms with Crippen LogP contribution in [0.3, 0.4) is 0 Å². The van der Waals surface area contributed by atoms with E-state index in [-0.39, 0.29) is 0 Å². The van der Waals surface area contributed by atoms with Gasteiger partial charge in [0, 0.05) is 17.6 Å². The molecule has 1 aliphatic rings. The van der Waals surface area contributed by atoms with Gasteiger partial charge in [-0.05, 0) is 31.0 Å². The fourth-order valence-corrected chi connectivity index (χ4v) is 3.10. The van der Waals surface area contributed by atoms with E-state index in [0.717, 1.165) is 11.7 Å². The SMILES string of the molecule is CCCC1CN=C(NC(C)c2ccncc2)S1. The molecule has 2 unspecified atom stereocenters. The van der Waals surface area contributed by atoms with Gasteiger partial charge in [-0.15, -0.1) is 0 Å². The summed E-state index contributed by atoms with van der Waals surface area (Å²) in [5.74, 6) is 0. The van der Waals surface area contributed by atoms with E-state index in [1.165, 1.54) is 18.4 Å². The van der Waals surface area contributed by atoms with Crippen LogP contribution in [0.25, 0.3) is 0 Å². The Kier molecular flexibility index (Phi) is 4.42. The summed E-state index contributed by atoms with van der Waals surface area (Å²) in [4.78, 5) is 8.59. The summed E-state index contributed by atoms with van der Waals surface area (Å²) < 4.78 is 0. The van der Waals surface area contributed by atoms with Crippen molar-refractivity contribution < 1.29 is 0 Å². The second-order valence-corrected chi connectivity index (χ2v) is 5.61. The average molecular weight is 249 g/mol. The van der Waals surface area contributed by atoms with Crippen molar-refractivity contribution in [1.82, 2.24) is 10.3 Å². The molecule has 2 atom stereocenters. The maximum Gasteiger partial charge on any atom is 0.157 e. The lowest BCUT2D eigenvalue weighted by atomic mass is 10.1. The summed E-state index contributed by atoms with van der Waals surface area (Å²) in [6.45, 7) is 5.35. The standard InChI is InChI=1S/C13H19N3S/c1-3-4-12-9-15-13(17-12)16-10(2)11-5-7-14-8-6-11/h5-8,10,12H,3-4,9H2,1-2H3,(H,15,16). The molecule has 92 valence electrons. The second kappa shape index (κ2) is 6.05.